The Morgan fingerprint density at radius 3 is 1.95 bits per heavy atom. The molecule has 1 unspecified atom stereocenters. The molecule has 0 aliphatic carbocycles. The van der Waals surface area contributed by atoms with Crippen molar-refractivity contribution in [2.45, 2.75) is 78.9 Å². The second-order valence-electron chi connectivity index (χ2n) is 7.30. The zero-order valence-corrected chi connectivity index (χ0v) is 15.1. The van der Waals surface area contributed by atoms with E-state index in [0.717, 1.165) is 19.7 Å². The molecule has 0 aliphatic heterocycles. The van der Waals surface area contributed by atoms with Gasteiger partial charge in [0.15, 0.2) is 0 Å². The fourth-order valence-corrected chi connectivity index (χ4v) is 2.66. The van der Waals surface area contributed by atoms with Crippen LogP contribution in [-0.2, 0) is 4.74 Å². The van der Waals surface area contributed by atoms with Crippen molar-refractivity contribution in [3.05, 3.63) is 0 Å². The predicted molar refractivity (Wildman–Crippen MR) is 89.3 cm³/mol. The Balaban J connectivity index is 4.89. The fraction of sp³-hybridized carbons (Fsp3) is 1.00. The summed E-state index contributed by atoms with van der Waals surface area (Å²) in [5, 5.41) is 3.64. The largest absolute Gasteiger partial charge is 0.383 e. The number of hydrogen-bond acceptors (Lipinski definition) is 3. The molecule has 0 saturated carbocycles. The number of nitrogens with one attached hydrogen (secondary N) is 1. The molecule has 20 heavy (non-hydrogen) atoms. The van der Waals surface area contributed by atoms with Gasteiger partial charge in [-0.2, -0.15) is 0 Å². The highest BCUT2D eigenvalue weighted by atomic mass is 16.5. The van der Waals surface area contributed by atoms with Gasteiger partial charge >= 0.3 is 0 Å². The molecule has 122 valence electrons. The second-order valence-corrected chi connectivity index (χ2v) is 7.30. The third kappa shape index (κ3) is 8.23. The summed E-state index contributed by atoms with van der Waals surface area (Å²) in [6.45, 7) is 18.8. The van der Waals surface area contributed by atoms with Crippen molar-refractivity contribution in [1.82, 2.24) is 10.2 Å². The van der Waals surface area contributed by atoms with Crippen LogP contribution in [0, 0.1) is 5.92 Å². The molecule has 0 aromatic carbocycles. The molecule has 0 saturated heterocycles. The number of methoxy groups -OCH3 is 1. The van der Waals surface area contributed by atoms with Crippen LogP contribution in [-0.4, -0.2) is 49.3 Å². The van der Waals surface area contributed by atoms with Crippen LogP contribution < -0.4 is 5.32 Å². The van der Waals surface area contributed by atoms with Crippen LogP contribution in [0.1, 0.15) is 61.3 Å². The zero-order valence-electron chi connectivity index (χ0n) is 15.1. The standard InChI is InChI=1S/C17H38N2O/c1-9-15(10-2)19(12-14(3)4)16(13-20-8)11-18-17(5,6)7/h14-16,18H,9-13H2,1-8H3. The molecule has 0 rings (SSSR count). The van der Waals surface area contributed by atoms with Gasteiger partial charge in [0.25, 0.3) is 0 Å². The van der Waals surface area contributed by atoms with Crippen LogP contribution in [0.2, 0.25) is 0 Å². The maximum atomic E-state index is 5.49. The van der Waals surface area contributed by atoms with E-state index in [0.29, 0.717) is 18.0 Å². The molecule has 0 fully saturated rings. The Hall–Kier alpha value is -0.120. The monoisotopic (exact) mass is 286 g/mol. The third-order valence-corrected chi connectivity index (χ3v) is 3.68. The molecule has 1 N–H and O–H groups in total. The first kappa shape index (κ1) is 19.9. The number of nitrogens with zero attached hydrogens (tertiary/aromatic N) is 1. The summed E-state index contributed by atoms with van der Waals surface area (Å²) in [7, 11) is 1.81. The topological polar surface area (TPSA) is 24.5 Å². The predicted octanol–water partition coefficient (Wildman–Crippen LogP) is 3.54. The van der Waals surface area contributed by atoms with E-state index < -0.39 is 0 Å². The molecule has 1 atom stereocenters. The lowest BCUT2D eigenvalue weighted by atomic mass is 10.0. The van der Waals surface area contributed by atoms with Crippen LogP contribution >= 0.6 is 0 Å². The quantitative estimate of drug-likeness (QED) is 0.665. The van der Waals surface area contributed by atoms with Crippen molar-refractivity contribution in [2.75, 3.05) is 26.8 Å². The molecular weight excluding hydrogens is 248 g/mol. The van der Waals surface area contributed by atoms with Gasteiger partial charge < -0.3 is 10.1 Å². The van der Waals surface area contributed by atoms with E-state index in [1.54, 1.807) is 0 Å². The maximum absolute atomic E-state index is 5.49. The summed E-state index contributed by atoms with van der Waals surface area (Å²) in [5.74, 6) is 0.685. The number of hydrogen-bond donors (Lipinski definition) is 1. The van der Waals surface area contributed by atoms with Crippen LogP contribution in [0.5, 0.6) is 0 Å². The van der Waals surface area contributed by atoms with E-state index in [9.17, 15) is 0 Å². The second kappa shape index (κ2) is 9.75. The van der Waals surface area contributed by atoms with Gasteiger partial charge in [0.05, 0.1) is 6.61 Å². The van der Waals surface area contributed by atoms with Crippen LogP contribution in [0.4, 0.5) is 0 Å². The number of rotatable bonds is 10. The average molecular weight is 287 g/mol. The van der Waals surface area contributed by atoms with E-state index in [-0.39, 0.29) is 5.54 Å². The van der Waals surface area contributed by atoms with Gasteiger partial charge in [-0.25, -0.2) is 0 Å². The Kier molecular flexibility index (Phi) is 9.69. The van der Waals surface area contributed by atoms with E-state index in [1.807, 2.05) is 7.11 Å². The highest BCUT2D eigenvalue weighted by Crippen LogP contribution is 2.16. The molecule has 0 heterocycles. The van der Waals surface area contributed by atoms with Gasteiger partial charge in [-0.15, -0.1) is 0 Å². The molecule has 0 aromatic heterocycles. The summed E-state index contributed by atoms with van der Waals surface area (Å²) in [6.07, 6.45) is 2.41. The minimum absolute atomic E-state index is 0.156. The van der Waals surface area contributed by atoms with Crippen molar-refractivity contribution in [1.29, 1.82) is 0 Å². The highest BCUT2D eigenvalue weighted by Gasteiger charge is 2.26. The molecule has 0 aliphatic rings. The minimum atomic E-state index is 0.156. The number of ether oxygens (including phenoxy) is 1. The first-order chi connectivity index (χ1) is 9.25. The van der Waals surface area contributed by atoms with Crippen molar-refractivity contribution >= 4 is 0 Å². The Morgan fingerprint density at radius 1 is 1.05 bits per heavy atom. The normalized spacial score (nSPS) is 14.6. The molecule has 3 heteroatoms. The van der Waals surface area contributed by atoms with Gasteiger partial charge in [0.1, 0.15) is 0 Å². The Bertz CT molecular complexity index is 232. The first-order valence-electron chi connectivity index (χ1n) is 8.24. The molecule has 0 spiro atoms. The van der Waals surface area contributed by atoms with Crippen molar-refractivity contribution < 1.29 is 4.74 Å². The van der Waals surface area contributed by atoms with Gasteiger partial charge in [-0.1, -0.05) is 27.7 Å². The summed E-state index contributed by atoms with van der Waals surface area (Å²) in [6, 6.07) is 1.10. The lowest BCUT2D eigenvalue weighted by Gasteiger charge is -2.39. The smallest absolute Gasteiger partial charge is 0.0630 e. The first-order valence-corrected chi connectivity index (χ1v) is 8.24. The van der Waals surface area contributed by atoms with Crippen molar-refractivity contribution in [3.63, 3.8) is 0 Å². The molecular formula is C17H38N2O. The summed E-state index contributed by atoms with van der Waals surface area (Å²) in [5.41, 5.74) is 0.156. The lowest BCUT2D eigenvalue weighted by Crippen LogP contribution is -2.53. The van der Waals surface area contributed by atoms with Crippen LogP contribution in [0.3, 0.4) is 0 Å². The van der Waals surface area contributed by atoms with Gasteiger partial charge in [0.2, 0.25) is 0 Å². The van der Waals surface area contributed by atoms with Gasteiger partial charge in [0, 0.05) is 37.8 Å². The molecule has 0 aromatic rings. The average Bonchev–Trinajstić information content (AvgIpc) is 2.33. The van der Waals surface area contributed by atoms with Crippen molar-refractivity contribution in [2.24, 2.45) is 5.92 Å². The summed E-state index contributed by atoms with van der Waals surface area (Å²) >= 11 is 0. The van der Waals surface area contributed by atoms with E-state index in [2.05, 4.69) is 58.7 Å². The third-order valence-electron chi connectivity index (χ3n) is 3.68. The SMILES string of the molecule is CCC(CC)N(CC(C)C)C(CNC(C)(C)C)COC. The molecule has 3 nitrogen and oxygen atoms in total. The molecule has 0 amide bonds. The van der Waals surface area contributed by atoms with Crippen LogP contribution in [0.15, 0.2) is 0 Å². The Morgan fingerprint density at radius 2 is 1.60 bits per heavy atom. The lowest BCUT2D eigenvalue weighted by molar-refractivity contribution is 0.0452. The summed E-state index contributed by atoms with van der Waals surface area (Å²) < 4.78 is 5.49. The fourth-order valence-electron chi connectivity index (χ4n) is 2.66. The highest BCUT2D eigenvalue weighted by molar-refractivity contribution is 4.83. The van der Waals surface area contributed by atoms with E-state index in [1.165, 1.54) is 12.8 Å². The van der Waals surface area contributed by atoms with Gasteiger partial charge in [-0.3, -0.25) is 4.90 Å². The van der Waals surface area contributed by atoms with E-state index in [4.69, 9.17) is 4.74 Å². The zero-order chi connectivity index (χ0) is 15.8. The van der Waals surface area contributed by atoms with E-state index >= 15 is 0 Å². The summed E-state index contributed by atoms with van der Waals surface area (Å²) in [4.78, 5) is 2.66. The maximum Gasteiger partial charge on any atom is 0.0630 e. The van der Waals surface area contributed by atoms with Gasteiger partial charge in [-0.05, 0) is 39.5 Å². The molecule has 0 bridgehead atoms. The Labute approximate surface area is 127 Å². The van der Waals surface area contributed by atoms with Crippen LogP contribution in [0.25, 0.3) is 0 Å². The van der Waals surface area contributed by atoms with Crippen molar-refractivity contribution in [3.8, 4) is 0 Å². The minimum Gasteiger partial charge on any atom is -0.383 e. The molecule has 0 radical (unpaired) electrons.